The molecule has 0 saturated carbocycles. The summed E-state index contributed by atoms with van der Waals surface area (Å²) in [4.78, 5) is 13.4. The molecule has 1 aliphatic heterocycles. The summed E-state index contributed by atoms with van der Waals surface area (Å²) in [6, 6.07) is 4.93. The molecule has 1 aromatic rings. The van der Waals surface area contributed by atoms with E-state index in [0.717, 1.165) is 24.9 Å². The van der Waals surface area contributed by atoms with Gasteiger partial charge in [0.1, 0.15) is 6.04 Å². The van der Waals surface area contributed by atoms with Crippen molar-refractivity contribution in [1.82, 2.24) is 4.90 Å². The summed E-state index contributed by atoms with van der Waals surface area (Å²) in [5, 5.41) is 10.5. The Morgan fingerprint density at radius 1 is 1.42 bits per heavy atom. The fourth-order valence-corrected chi connectivity index (χ4v) is 3.27. The van der Waals surface area contributed by atoms with Crippen molar-refractivity contribution in [2.24, 2.45) is 0 Å². The van der Waals surface area contributed by atoms with Crippen LogP contribution in [-0.4, -0.2) is 28.6 Å². The van der Waals surface area contributed by atoms with E-state index in [1.54, 1.807) is 12.1 Å². The van der Waals surface area contributed by atoms with E-state index in [9.17, 15) is 9.90 Å². The number of carboxylic acids is 1. The van der Waals surface area contributed by atoms with Crippen LogP contribution in [0.4, 0.5) is 0 Å². The van der Waals surface area contributed by atoms with Crippen molar-refractivity contribution in [1.29, 1.82) is 0 Å². The van der Waals surface area contributed by atoms with E-state index in [1.165, 1.54) is 0 Å². The molecule has 1 fully saturated rings. The minimum absolute atomic E-state index is 0.0221. The van der Waals surface area contributed by atoms with Crippen molar-refractivity contribution < 1.29 is 9.90 Å². The monoisotopic (exact) mass is 301 g/mol. The van der Waals surface area contributed by atoms with Gasteiger partial charge >= 0.3 is 5.97 Å². The van der Waals surface area contributed by atoms with Gasteiger partial charge in [0.15, 0.2) is 0 Å². The Bertz CT molecular complexity index is 479. The summed E-state index contributed by atoms with van der Waals surface area (Å²) in [7, 11) is 0. The van der Waals surface area contributed by atoms with Gasteiger partial charge in [0.05, 0.1) is 0 Å². The van der Waals surface area contributed by atoms with Crippen LogP contribution in [0.15, 0.2) is 18.2 Å². The zero-order valence-electron chi connectivity index (χ0n) is 10.8. The third-order valence-electron chi connectivity index (χ3n) is 3.74. The summed E-state index contributed by atoms with van der Waals surface area (Å²) < 4.78 is 0. The van der Waals surface area contributed by atoms with Crippen LogP contribution in [0.1, 0.15) is 37.8 Å². The van der Waals surface area contributed by atoms with Crippen molar-refractivity contribution in [3.8, 4) is 0 Å². The number of piperidine rings is 1. The van der Waals surface area contributed by atoms with Crippen LogP contribution in [0.3, 0.4) is 0 Å². The molecule has 104 valence electrons. The van der Waals surface area contributed by atoms with Gasteiger partial charge in [-0.15, -0.1) is 0 Å². The van der Waals surface area contributed by atoms with Gasteiger partial charge in [-0.2, -0.15) is 0 Å². The largest absolute Gasteiger partial charge is 0.480 e. The maximum atomic E-state index is 11.3. The van der Waals surface area contributed by atoms with Crippen LogP contribution in [0.2, 0.25) is 10.0 Å². The first-order valence-corrected chi connectivity index (χ1v) is 7.20. The normalized spacial score (nSPS) is 22.2. The summed E-state index contributed by atoms with van der Waals surface area (Å²) in [5.41, 5.74) is 0.930. The molecule has 1 aliphatic rings. The van der Waals surface area contributed by atoms with Crippen LogP contribution >= 0.6 is 23.2 Å². The highest BCUT2D eigenvalue weighted by atomic mass is 35.5. The fourth-order valence-electron chi connectivity index (χ4n) is 2.70. The Morgan fingerprint density at radius 2 is 2.16 bits per heavy atom. The number of likely N-dealkylation sites (tertiary alicyclic amines) is 1. The van der Waals surface area contributed by atoms with Crippen molar-refractivity contribution in [2.45, 2.75) is 38.3 Å². The number of nitrogens with zero attached hydrogens (tertiary/aromatic N) is 1. The van der Waals surface area contributed by atoms with E-state index in [1.807, 2.05) is 17.9 Å². The lowest BCUT2D eigenvalue weighted by molar-refractivity contribution is -0.145. The molecule has 2 rings (SSSR count). The molecule has 2 atom stereocenters. The first kappa shape index (κ1) is 14.6. The smallest absolute Gasteiger partial charge is 0.320 e. The zero-order chi connectivity index (χ0) is 14.0. The number of rotatable bonds is 3. The van der Waals surface area contributed by atoms with Gasteiger partial charge < -0.3 is 5.11 Å². The standard InChI is InChI=1S/C14H17Cl2NO2/c1-9(11-6-5-10(15)8-12(11)16)17-7-3-2-4-13(17)14(18)19/h5-6,8-9,13H,2-4,7H2,1H3,(H,18,19). The quantitative estimate of drug-likeness (QED) is 0.917. The Labute approximate surface area is 123 Å². The van der Waals surface area contributed by atoms with Crippen LogP contribution in [-0.2, 0) is 4.79 Å². The second kappa shape index (κ2) is 6.12. The van der Waals surface area contributed by atoms with Crippen LogP contribution in [0.25, 0.3) is 0 Å². The van der Waals surface area contributed by atoms with Gasteiger partial charge in [-0.3, -0.25) is 9.69 Å². The number of benzene rings is 1. The molecule has 1 N–H and O–H groups in total. The predicted octanol–water partition coefficient (Wildman–Crippen LogP) is 3.99. The minimum Gasteiger partial charge on any atom is -0.480 e. The molecular weight excluding hydrogens is 285 g/mol. The highest BCUT2D eigenvalue weighted by Crippen LogP contribution is 2.33. The van der Waals surface area contributed by atoms with E-state index in [2.05, 4.69) is 0 Å². The molecule has 0 radical (unpaired) electrons. The summed E-state index contributed by atoms with van der Waals surface area (Å²) >= 11 is 12.1. The van der Waals surface area contributed by atoms with Gasteiger partial charge in [0.25, 0.3) is 0 Å². The van der Waals surface area contributed by atoms with Crippen LogP contribution in [0, 0.1) is 0 Å². The predicted molar refractivity (Wildman–Crippen MR) is 76.9 cm³/mol. The first-order chi connectivity index (χ1) is 9.00. The van der Waals surface area contributed by atoms with E-state index >= 15 is 0 Å². The van der Waals surface area contributed by atoms with Gasteiger partial charge in [0, 0.05) is 16.1 Å². The van der Waals surface area contributed by atoms with Crippen molar-refractivity contribution in [3.05, 3.63) is 33.8 Å². The number of halogens is 2. The second-order valence-electron chi connectivity index (χ2n) is 4.93. The van der Waals surface area contributed by atoms with Crippen molar-refractivity contribution >= 4 is 29.2 Å². The Kier molecular flexibility index (Phi) is 4.71. The molecule has 0 bridgehead atoms. The lowest BCUT2D eigenvalue weighted by atomic mass is 9.97. The Morgan fingerprint density at radius 3 is 2.79 bits per heavy atom. The molecular formula is C14H17Cl2NO2. The number of carboxylic acid groups (broad SMARTS) is 1. The molecule has 2 unspecified atom stereocenters. The number of hydrogen-bond donors (Lipinski definition) is 1. The van der Waals surface area contributed by atoms with Crippen LogP contribution < -0.4 is 0 Å². The van der Waals surface area contributed by atoms with Gasteiger partial charge in [-0.1, -0.05) is 35.7 Å². The summed E-state index contributed by atoms with van der Waals surface area (Å²) in [6.07, 6.45) is 2.69. The van der Waals surface area contributed by atoms with Crippen molar-refractivity contribution in [3.63, 3.8) is 0 Å². The SMILES string of the molecule is CC(c1ccc(Cl)cc1Cl)N1CCCCC1C(=O)O. The molecule has 0 spiro atoms. The summed E-state index contributed by atoms with van der Waals surface area (Å²) in [6.45, 7) is 2.79. The second-order valence-corrected chi connectivity index (χ2v) is 5.77. The molecule has 5 heteroatoms. The highest BCUT2D eigenvalue weighted by molar-refractivity contribution is 6.35. The number of carbonyl (C=O) groups is 1. The van der Waals surface area contributed by atoms with Gasteiger partial charge in [-0.25, -0.2) is 0 Å². The van der Waals surface area contributed by atoms with E-state index in [4.69, 9.17) is 23.2 Å². The van der Waals surface area contributed by atoms with Gasteiger partial charge in [0.2, 0.25) is 0 Å². The molecule has 0 amide bonds. The Balaban J connectivity index is 2.25. The highest BCUT2D eigenvalue weighted by Gasteiger charge is 2.32. The van der Waals surface area contributed by atoms with Crippen molar-refractivity contribution in [2.75, 3.05) is 6.54 Å². The maximum Gasteiger partial charge on any atom is 0.320 e. The lowest BCUT2D eigenvalue weighted by Crippen LogP contribution is -2.45. The number of hydrogen-bond acceptors (Lipinski definition) is 2. The fraction of sp³-hybridized carbons (Fsp3) is 0.500. The molecule has 1 heterocycles. The van der Waals surface area contributed by atoms with Gasteiger partial charge in [-0.05, 0) is 44.0 Å². The molecule has 19 heavy (non-hydrogen) atoms. The van der Waals surface area contributed by atoms with E-state index in [-0.39, 0.29) is 6.04 Å². The summed E-state index contributed by atoms with van der Waals surface area (Å²) in [5.74, 6) is -0.753. The third kappa shape index (κ3) is 3.22. The van der Waals surface area contributed by atoms with E-state index in [0.29, 0.717) is 16.5 Å². The average molecular weight is 302 g/mol. The molecule has 1 saturated heterocycles. The maximum absolute atomic E-state index is 11.3. The average Bonchev–Trinajstić information content (AvgIpc) is 2.38. The molecule has 0 aliphatic carbocycles. The van der Waals surface area contributed by atoms with E-state index < -0.39 is 12.0 Å². The lowest BCUT2D eigenvalue weighted by Gasteiger charge is -2.38. The molecule has 0 aromatic heterocycles. The zero-order valence-corrected chi connectivity index (χ0v) is 12.3. The number of aliphatic carboxylic acids is 1. The topological polar surface area (TPSA) is 40.5 Å². The first-order valence-electron chi connectivity index (χ1n) is 6.44. The molecule has 3 nitrogen and oxygen atoms in total. The third-order valence-corrected chi connectivity index (χ3v) is 4.30. The molecule has 1 aromatic carbocycles. The Hall–Kier alpha value is -0.770. The minimum atomic E-state index is -0.753. The van der Waals surface area contributed by atoms with Crippen LogP contribution in [0.5, 0.6) is 0 Å².